The van der Waals surface area contributed by atoms with Gasteiger partial charge in [0, 0.05) is 18.0 Å². The van der Waals surface area contributed by atoms with Crippen LogP contribution in [-0.4, -0.2) is 35.2 Å². The van der Waals surface area contributed by atoms with Crippen LogP contribution in [-0.2, 0) is 0 Å². The number of benzene rings is 1. The highest BCUT2D eigenvalue weighted by atomic mass is 16.2. The number of aromatic nitrogens is 2. The standard InChI is InChI=1S/C14H16N4O2/c19-13-11-6-2-1-5-10(11)12(17-18-13)14(20)16-8-9-4-3-7-15-9/h1-2,5-6,9,15H,3-4,7-8H2,(H,16,20)(H,18,19). The van der Waals surface area contributed by atoms with Crippen molar-refractivity contribution in [2.24, 2.45) is 0 Å². The lowest BCUT2D eigenvalue weighted by Crippen LogP contribution is -2.37. The molecule has 2 aromatic rings. The molecule has 1 unspecified atom stereocenters. The highest BCUT2D eigenvalue weighted by Crippen LogP contribution is 2.12. The van der Waals surface area contributed by atoms with E-state index in [0.717, 1.165) is 19.4 Å². The van der Waals surface area contributed by atoms with Gasteiger partial charge in [0.25, 0.3) is 11.5 Å². The van der Waals surface area contributed by atoms with E-state index in [1.165, 1.54) is 0 Å². The summed E-state index contributed by atoms with van der Waals surface area (Å²) < 4.78 is 0. The number of fused-ring (bicyclic) bond motifs is 1. The topological polar surface area (TPSA) is 86.9 Å². The summed E-state index contributed by atoms with van der Waals surface area (Å²) >= 11 is 0. The molecule has 6 heteroatoms. The van der Waals surface area contributed by atoms with Crippen molar-refractivity contribution in [1.29, 1.82) is 0 Å². The lowest BCUT2D eigenvalue weighted by atomic mass is 10.1. The van der Waals surface area contributed by atoms with E-state index < -0.39 is 0 Å². The van der Waals surface area contributed by atoms with Gasteiger partial charge in [-0.3, -0.25) is 9.59 Å². The van der Waals surface area contributed by atoms with Crippen molar-refractivity contribution in [1.82, 2.24) is 20.8 Å². The van der Waals surface area contributed by atoms with Gasteiger partial charge in [0.2, 0.25) is 0 Å². The van der Waals surface area contributed by atoms with Gasteiger partial charge in [0.05, 0.1) is 5.39 Å². The third-order valence-electron chi connectivity index (χ3n) is 3.58. The second-order valence-corrected chi connectivity index (χ2v) is 4.95. The van der Waals surface area contributed by atoms with E-state index in [0.29, 0.717) is 23.4 Å². The molecule has 1 aliphatic rings. The Kier molecular flexibility index (Phi) is 3.47. The molecule has 3 N–H and O–H groups in total. The SMILES string of the molecule is O=C(NCC1CCCN1)c1n[nH]c(=O)c2ccccc12. The van der Waals surface area contributed by atoms with Crippen LogP contribution in [0, 0.1) is 0 Å². The molecule has 0 saturated carbocycles. The van der Waals surface area contributed by atoms with Crippen molar-refractivity contribution in [3.8, 4) is 0 Å². The first kappa shape index (κ1) is 12.8. The number of aromatic amines is 1. The Morgan fingerprint density at radius 1 is 1.35 bits per heavy atom. The number of carbonyl (C=O) groups is 1. The van der Waals surface area contributed by atoms with E-state index in [-0.39, 0.29) is 17.2 Å². The quantitative estimate of drug-likeness (QED) is 0.755. The van der Waals surface area contributed by atoms with E-state index in [4.69, 9.17) is 0 Å². The van der Waals surface area contributed by atoms with Crippen molar-refractivity contribution < 1.29 is 4.79 Å². The summed E-state index contributed by atoms with van der Waals surface area (Å²) in [7, 11) is 0. The lowest BCUT2D eigenvalue weighted by Gasteiger charge is -2.11. The molecule has 104 valence electrons. The van der Waals surface area contributed by atoms with Gasteiger partial charge in [-0.2, -0.15) is 5.10 Å². The van der Waals surface area contributed by atoms with Crippen LogP contribution in [0.2, 0.25) is 0 Å². The zero-order chi connectivity index (χ0) is 13.9. The van der Waals surface area contributed by atoms with Crippen molar-refractivity contribution in [2.45, 2.75) is 18.9 Å². The first-order valence-electron chi connectivity index (χ1n) is 6.75. The number of H-pyrrole nitrogens is 1. The van der Waals surface area contributed by atoms with Gasteiger partial charge < -0.3 is 10.6 Å². The Morgan fingerprint density at radius 2 is 2.15 bits per heavy atom. The number of rotatable bonds is 3. The Morgan fingerprint density at radius 3 is 2.90 bits per heavy atom. The normalized spacial score (nSPS) is 18.3. The molecular weight excluding hydrogens is 256 g/mol. The van der Waals surface area contributed by atoms with Crippen LogP contribution in [0.1, 0.15) is 23.3 Å². The lowest BCUT2D eigenvalue weighted by molar-refractivity contribution is 0.0946. The smallest absolute Gasteiger partial charge is 0.272 e. The summed E-state index contributed by atoms with van der Waals surface area (Å²) in [6.07, 6.45) is 2.21. The molecule has 0 radical (unpaired) electrons. The number of amides is 1. The van der Waals surface area contributed by atoms with Gasteiger partial charge in [-0.25, -0.2) is 5.10 Å². The van der Waals surface area contributed by atoms with Crippen molar-refractivity contribution in [2.75, 3.05) is 13.1 Å². The summed E-state index contributed by atoms with van der Waals surface area (Å²) in [4.78, 5) is 23.9. The third kappa shape index (κ3) is 2.42. The molecule has 1 aromatic heterocycles. The first-order valence-corrected chi connectivity index (χ1v) is 6.75. The highest BCUT2D eigenvalue weighted by molar-refractivity contribution is 6.04. The fraction of sp³-hybridized carbons (Fsp3) is 0.357. The van der Waals surface area contributed by atoms with Gasteiger partial charge in [0.15, 0.2) is 5.69 Å². The second-order valence-electron chi connectivity index (χ2n) is 4.95. The number of hydrogen-bond acceptors (Lipinski definition) is 4. The van der Waals surface area contributed by atoms with E-state index in [1.54, 1.807) is 24.3 Å². The molecule has 3 rings (SSSR count). The van der Waals surface area contributed by atoms with E-state index in [1.807, 2.05) is 0 Å². The summed E-state index contributed by atoms with van der Waals surface area (Å²) in [5, 5.41) is 13.5. The van der Waals surface area contributed by atoms with Gasteiger partial charge in [0.1, 0.15) is 0 Å². The van der Waals surface area contributed by atoms with Gasteiger partial charge >= 0.3 is 0 Å². The predicted molar refractivity (Wildman–Crippen MR) is 75.7 cm³/mol. The summed E-state index contributed by atoms with van der Waals surface area (Å²) in [6, 6.07) is 7.30. The van der Waals surface area contributed by atoms with Crippen LogP contribution in [0.25, 0.3) is 10.8 Å². The minimum absolute atomic E-state index is 0.258. The largest absolute Gasteiger partial charge is 0.349 e. The van der Waals surface area contributed by atoms with E-state index in [9.17, 15) is 9.59 Å². The molecule has 1 saturated heterocycles. The Bertz CT molecular complexity index is 689. The summed E-state index contributed by atoms with van der Waals surface area (Å²) in [5.74, 6) is -0.258. The average molecular weight is 272 g/mol. The minimum Gasteiger partial charge on any atom is -0.349 e. The Balaban J connectivity index is 1.84. The van der Waals surface area contributed by atoms with Crippen LogP contribution in [0.3, 0.4) is 0 Å². The molecule has 20 heavy (non-hydrogen) atoms. The van der Waals surface area contributed by atoms with Crippen molar-refractivity contribution in [3.05, 3.63) is 40.3 Å². The molecule has 1 fully saturated rings. The van der Waals surface area contributed by atoms with Crippen LogP contribution in [0.15, 0.2) is 29.1 Å². The number of nitrogens with one attached hydrogen (secondary N) is 3. The zero-order valence-corrected chi connectivity index (χ0v) is 11.0. The first-order chi connectivity index (χ1) is 9.75. The maximum Gasteiger partial charge on any atom is 0.272 e. The van der Waals surface area contributed by atoms with Crippen molar-refractivity contribution in [3.63, 3.8) is 0 Å². The van der Waals surface area contributed by atoms with Gasteiger partial charge in [-0.15, -0.1) is 0 Å². The summed E-state index contributed by atoms with van der Waals surface area (Å²) in [6.45, 7) is 1.58. The van der Waals surface area contributed by atoms with E-state index in [2.05, 4.69) is 20.8 Å². The molecule has 2 heterocycles. The molecule has 1 amide bonds. The molecule has 1 atom stereocenters. The van der Waals surface area contributed by atoms with Crippen LogP contribution in [0.4, 0.5) is 0 Å². The number of hydrogen-bond donors (Lipinski definition) is 3. The molecule has 0 aliphatic carbocycles. The van der Waals surface area contributed by atoms with Crippen molar-refractivity contribution >= 4 is 16.7 Å². The Hall–Kier alpha value is -2.21. The van der Waals surface area contributed by atoms with Gasteiger partial charge in [-0.05, 0) is 25.5 Å². The maximum absolute atomic E-state index is 12.2. The monoisotopic (exact) mass is 272 g/mol. The fourth-order valence-corrected chi connectivity index (χ4v) is 2.52. The molecular formula is C14H16N4O2. The Labute approximate surface area is 115 Å². The molecule has 0 bridgehead atoms. The predicted octanol–water partition coefficient (Wildman–Crippen LogP) is 0.405. The summed E-state index contributed by atoms with van der Waals surface area (Å²) in [5.41, 5.74) is -0.0205. The fourth-order valence-electron chi connectivity index (χ4n) is 2.52. The van der Waals surface area contributed by atoms with Crippen LogP contribution < -0.4 is 16.2 Å². The molecule has 1 aliphatic heterocycles. The molecule has 0 spiro atoms. The van der Waals surface area contributed by atoms with Crippen LogP contribution in [0.5, 0.6) is 0 Å². The maximum atomic E-state index is 12.2. The zero-order valence-electron chi connectivity index (χ0n) is 11.0. The number of carbonyl (C=O) groups excluding carboxylic acids is 1. The number of nitrogens with zero attached hydrogens (tertiary/aromatic N) is 1. The van der Waals surface area contributed by atoms with Gasteiger partial charge in [-0.1, -0.05) is 18.2 Å². The second kappa shape index (κ2) is 5.42. The van der Waals surface area contributed by atoms with E-state index >= 15 is 0 Å². The van der Waals surface area contributed by atoms with Crippen LogP contribution >= 0.6 is 0 Å². The highest BCUT2D eigenvalue weighted by Gasteiger charge is 2.17. The molecule has 1 aromatic carbocycles. The average Bonchev–Trinajstić information content (AvgIpc) is 2.99. The third-order valence-corrected chi connectivity index (χ3v) is 3.58. The molecule has 6 nitrogen and oxygen atoms in total. The minimum atomic E-state index is -0.283.